The molecule has 0 saturated carbocycles. The van der Waals surface area contributed by atoms with Gasteiger partial charge in [0.15, 0.2) is 0 Å². The van der Waals surface area contributed by atoms with E-state index in [0.29, 0.717) is 18.2 Å². The Labute approximate surface area is 91.2 Å². The van der Waals surface area contributed by atoms with Crippen LogP contribution < -0.4 is 11.1 Å². The van der Waals surface area contributed by atoms with Crippen LogP contribution in [0.2, 0.25) is 0 Å². The average molecular weight is 218 g/mol. The summed E-state index contributed by atoms with van der Waals surface area (Å²) in [6.07, 6.45) is 2.19. The quantitative estimate of drug-likeness (QED) is 0.603. The van der Waals surface area contributed by atoms with Crippen molar-refractivity contribution < 1.29 is 4.79 Å². The second-order valence-electron chi connectivity index (χ2n) is 3.56. The maximum Gasteiger partial charge on any atom is 0.229 e. The van der Waals surface area contributed by atoms with Crippen molar-refractivity contribution in [3.8, 4) is 0 Å². The van der Waals surface area contributed by atoms with Crippen molar-refractivity contribution in [1.82, 2.24) is 5.32 Å². The molecule has 0 saturated heterocycles. The summed E-state index contributed by atoms with van der Waals surface area (Å²) in [6.45, 7) is 5.72. The van der Waals surface area contributed by atoms with Gasteiger partial charge < -0.3 is 11.1 Å². The summed E-state index contributed by atoms with van der Waals surface area (Å²) in [7, 11) is 0. The molecule has 1 unspecified atom stereocenters. The molecule has 84 valence electrons. The lowest BCUT2D eigenvalue weighted by Crippen LogP contribution is -2.26. The van der Waals surface area contributed by atoms with E-state index < -0.39 is 0 Å². The summed E-state index contributed by atoms with van der Waals surface area (Å²) in [6, 6.07) is 0. The van der Waals surface area contributed by atoms with Gasteiger partial charge in [0.05, 0.1) is 5.75 Å². The molecule has 0 aromatic carbocycles. The highest BCUT2D eigenvalue weighted by atomic mass is 32.2. The summed E-state index contributed by atoms with van der Waals surface area (Å²) in [5, 5.41) is 2.88. The first kappa shape index (κ1) is 13.8. The first-order valence-corrected chi connectivity index (χ1v) is 6.40. The highest BCUT2D eigenvalue weighted by Gasteiger charge is 2.03. The van der Waals surface area contributed by atoms with Crippen LogP contribution in [0.1, 0.15) is 26.7 Å². The number of nitrogens with one attached hydrogen (secondary N) is 1. The fourth-order valence-electron chi connectivity index (χ4n) is 0.876. The number of carbonyl (C=O) groups excluding carboxylic acids is 1. The first-order chi connectivity index (χ1) is 6.70. The minimum atomic E-state index is 0.146. The predicted octanol–water partition coefficient (Wildman–Crippen LogP) is 1.23. The Balaban J connectivity index is 3.26. The van der Waals surface area contributed by atoms with Gasteiger partial charge in [-0.25, -0.2) is 0 Å². The monoisotopic (exact) mass is 218 g/mol. The molecule has 0 radical (unpaired) electrons. The van der Waals surface area contributed by atoms with E-state index >= 15 is 0 Å². The number of thioether (sulfide) groups is 1. The molecule has 0 spiro atoms. The number of hydrogen-bond acceptors (Lipinski definition) is 3. The summed E-state index contributed by atoms with van der Waals surface area (Å²) in [5.74, 6) is 2.18. The lowest BCUT2D eigenvalue weighted by Gasteiger charge is -2.07. The Bertz CT molecular complexity index is 153. The second-order valence-corrected chi connectivity index (χ2v) is 4.59. The Morgan fingerprint density at radius 2 is 2.29 bits per heavy atom. The number of rotatable bonds is 8. The summed E-state index contributed by atoms with van der Waals surface area (Å²) < 4.78 is 0. The molecule has 0 aliphatic rings. The molecule has 3 N–H and O–H groups in total. The molecular weight excluding hydrogens is 196 g/mol. The third-order valence-electron chi connectivity index (χ3n) is 1.89. The molecule has 0 aromatic heterocycles. The van der Waals surface area contributed by atoms with Gasteiger partial charge in [0, 0.05) is 6.54 Å². The fraction of sp³-hybridized carbons (Fsp3) is 0.900. The van der Waals surface area contributed by atoms with E-state index in [4.69, 9.17) is 5.73 Å². The molecule has 1 atom stereocenters. The third kappa shape index (κ3) is 8.38. The van der Waals surface area contributed by atoms with E-state index in [-0.39, 0.29) is 5.91 Å². The van der Waals surface area contributed by atoms with Crippen molar-refractivity contribution in [2.75, 3.05) is 24.6 Å². The van der Waals surface area contributed by atoms with Gasteiger partial charge in [-0.3, -0.25) is 4.79 Å². The van der Waals surface area contributed by atoms with Gasteiger partial charge in [-0.15, -0.1) is 0 Å². The summed E-state index contributed by atoms with van der Waals surface area (Å²) in [5.41, 5.74) is 5.47. The third-order valence-corrected chi connectivity index (χ3v) is 3.16. The number of nitrogens with two attached hydrogens (primary N) is 1. The van der Waals surface area contributed by atoms with Gasteiger partial charge in [-0.1, -0.05) is 20.3 Å². The van der Waals surface area contributed by atoms with Gasteiger partial charge in [-0.2, -0.15) is 11.8 Å². The Hall–Kier alpha value is -0.220. The lowest BCUT2D eigenvalue weighted by molar-refractivity contribution is -0.118. The van der Waals surface area contributed by atoms with Gasteiger partial charge >= 0.3 is 0 Å². The standard InChI is InChI=1S/C10H22N2OS/c1-3-4-5-12-10(13)8-14-7-9(2)6-11/h9H,3-8,11H2,1-2H3,(H,12,13). The molecule has 0 rings (SSSR count). The van der Waals surface area contributed by atoms with Crippen LogP contribution >= 0.6 is 11.8 Å². The zero-order valence-electron chi connectivity index (χ0n) is 9.21. The number of unbranched alkanes of at least 4 members (excludes halogenated alkanes) is 1. The van der Waals surface area contributed by atoms with E-state index in [9.17, 15) is 4.79 Å². The van der Waals surface area contributed by atoms with Crippen LogP contribution in [0.25, 0.3) is 0 Å². The van der Waals surface area contributed by atoms with E-state index in [1.165, 1.54) is 0 Å². The van der Waals surface area contributed by atoms with Crippen LogP contribution in [0.4, 0.5) is 0 Å². The van der Waals surface area contributed by atoms with Crippen molar-refractivity contribution in [3.63, 3.8) is 0 Å². The molecule has 0 fully saturated rings. The van der Waals surface area contributed by atoms with Crippen LogP contribution in [0.15, 0.2) is 0 Å². The molecule has 0 aliphatic heterocycles. The molecule has 1 amide bonds. The van der Waals surface area contributed by atoms with Crippen molar-refractivity contribution in [1.29, 1.82) is 0 Å². The number of carbonyl (C=O) groups is 1. The smallest absolute Gasteiger partial charge is 0.229 e. The Kier molecular flexibility index (Phi) is 9.19. The number of amides is 1. The van der Waals surface area contributed by atoms with E-state index in [0.717, 1.165) is 25.1 Å². The van der Waals surface area contributed by atoms with Crippen LogP contribution in [0, 0.1) is 5.92 Å². The van der Waals surface area contributed by atoms with Gasteiger partial charge in [-0.05, 0) is 24.6 Å². The van der Waals surface area contributed by atoms with Crippen molar-refractivity contribution in [2.24, 2.45) is 11.7 Å². The molecule has 4 heteroatoms. The molecule has 0 aromatic rings. The lowest BCUT2D eigenvalue weighted by atomic mass is 10.2. The number of hydrogen-bond donors (Lipinski definition) is 2. The molecule has 0 heterocycles. The topological polar surface area (TPSA) is 55.1 Å². The van der Waals surface area contributed by atoms with Crippen molar-refractivity contribution in [3.05, 3.63) is 0 Å². The maximum absolute atomic E-state index is 11.2. The van der Waals surface area contributed by atoms with E-state index in [1.54, 1.807) is 11.8 Å². The molecular formula is C10H22N2OS. The van der Waals surface area contributed by atoms with Gasteiger partial charge in [0.1, 0.15) is 0 Å². The zero-order valence-corrected chi connectivity index (χ0v) is 10.0. The maximum atomic E-state index is 11.2. The average Bonchev–Trinajstić information content (AvgIpc) is 2.18. The first-order valence-electron chi connectivity index (χ1n) is 5.25. The van der Waals surface area contributed by atoms with E-state index in [2.05, 4.69) is 19.2 Å². The van der Waals surface area contributed by atoms with Crippen molar-refractivity contribution >= 4 is 17.7 Å². The zero-order chi connectivity index (χ0) is 10.8. The van der Waals surface area contributed by atoms with Gasteiger partial charge in [0.25, 0.3) is 0 Å². The summed E-state index contributed by atoms with van der Waals surface area (Å²) >= 11 is 1.66. The van der Waals surface area contributed by atoms with Crippen LogP contribution in [0.3, 0.4) is 0 Å². The molecule has 0 bridgehead atoms. The Morgan fingerprint density at radius 1 is 1.57 bits per heavy atom. The second kappa shape index (κ2) is 9.34. The minimum Gasteiger partial charge on any atom is -0.355 e. The van der Waals surface area contributed by atoms with Crippen molar-refractivity contribution in [2.45, 2.75) is 26.7 Å². The minimum absolute atomic E-state index is 0.146. The highest BCUT2D eigenvalue weighted by Crippen LogP contribution is 2.06. The summed E-state index contributed by atoms with van der Waals surface area (Å²) in [4.78, 5) is 11.2. The van der Waals surface area contributed by atoms with Crippen LogP contribution in [-0.4, -0.2) is 30.5 Å². The Morgan fingerprint density at radius 3 is 2.86 bits per heavy atom. The van der Waals surface area contributed by atoms with Crippen LogP contribution in [0.5, 0.6) is 0 Å². The fourth-order valence-corrected chi connectivity index (χ4v) is 1.82. The highest BCUT2D eigenvalue weighted by molar-refractivity contribution is 7.99. The molecule has 14 heavy (non-hydrogen) atoms. The molecule has 0 aliphatic carbocycles. The largest absolute Gasteiger partial charge is 0.355 e. The van der Waals surface area contributed by atoms with E-state index in [1.807, 2.05) is 0 Å². The molecule has 3 nitrogen and oxygen atoms in total. The SMILES string of the molecule is CCCCNC(=O)CSCC(C)CN. The van der Waals surface area contributed by atoms with Gasteiger partial charge in [0.2, 0.25) is 5.91 Å². The van der Waals surface area contributed by atoms with Crippen LogP contribution in [-0.2, 0) is 4.79 Å². The predicted molar refractivity (Wildman–Crippen MR) is 63.5 cm³/mol. The normalized spacial score (nSPS) is 12.5.